The molecule has 1 saturated heterocycles. The zero-order valence-electron chi connectivity index (χ0n) is 13.0. The van der Waals surface area contributed by atoms with Crippen LogP contribution in [-0.2, 0) is 15.1 Å². The molecule has 1 aromatic carbocycles. The number of ether oxygens (including phenoxy) is 1. The van der Waals surface area contributed by atoms with E-state index in [0.717, 1.165) is 24.1 Å². The van der Waals surface area contributed by atoms with Crippen LogP contribution in [0.15, 0.2) is 36.9 Å². The van der Waals surface area contributed by atoms with Crippen LogP contribution in [0.5, 0.6) is 0 Å². The third kappa shape index (κ3) is 2.36. The molecule has 2 N–H and O–H groups in total. The zero-order chi connectivity index (χ0) is 15.8. The lowest BCUT2D eigenvalue weighted by atomic mass is 9.75. The fraction of sp³-hybridized carbons (Fsp3) is 0.500. The zero-order valence-corrected chi connectivity index (χ0v) is 13.0. The van der Waals surface area contributed by atoms with Crippen LogP contribution in [0, 0.1) is 0 Å². The fourth-order valence-electron chi connectivity index (χ4n) is 3.82. The predicted octanol–water partition coefficient (Wildman–Crippen LogP) is 3.12. The minimum absolute atomic E-state index is 0.124. The second-order valence-corrected chi connectivity index (χ2v) is 6.45. The first-order chi connectivity index (χ1) is 10.5. The average Bonchev–Trinajstić information content (AvgIpc) is 2.71. The average molecular weight is 301 g/mol. The van der Waals surface area contributed by atoms with Gasteiger partial charge in [-0.3, -0.25) is 4.79 Å². The maximum atomic E-state index is 12.7. The molecule has 4 nitrogen and oxygen atoms in total. The van der Waals surface area contributed by atoms with Gasteiger partial charge in [-0.05, 0) is 18.9 Å². The van der Waals surface area contributed by atoms with Crippen molar-refractivity contribution in [2.24, 2.45) is 0 Å². The van der Waals surface area contributed by atoms with Crippen LogP contribution >= 0.6 is 0 Å². The van der Waals surface area contributed by atoms with Gasteiger partial charge in [0, 0.05) is 24.1 Å². The molecule has 0 aliphatic carbocycles. The minimum Gasteiger partial charge on any atom is -0.389 e. The summed E-state index contributed by atoms with van der Waals surface area (Å²) in [6, 6.07) is 7.58. The highest BCUT2D eigenvalue weighted by atomic mass is 16.5. The van der Waals surface area contributed by atoms with Crippen molar-refractivity contribution in [1.29, 1.82) is 0 Å². The van der Waals surface area contributed by atoms with Gasteiger partial charge < -0.3 is 15.2 Å². The summed E-state index contributed by atoms with van der Waals surface area (Å²) in [7, 11) is 0. The number of rotatable bonds is 4. The van der Waals surface area contributed by atoms with Crippen LogP contribution in [0.1, 0.15) is 44.6 Å². The van der Waals surface area contributed by atoms with Crippen molar-refractivity contribution >= 4 is 11.6 Å². The van der Waals surface area contributed by atoms with Crippen molar-refractivity contribution in [3.8, 4) is 0 Å². The van der Waals surface area contributed by atoms with Gasteiger partial charge in [-0.1, -0.05) is 37.6 Å². The second-order valence-electron chi connectivity index (χ2n) is 6.45. The van der Waals surface area contributed by atoms with Gasteiger partial charge in [-0.15, -0.1) is 6.58 Å². The first-order valence-electron chi connectivity index (χ1n) is 7.95. The van der Waals surface area contributed by atoms with E-state index in [9.17, 15) is 9.90 Å². The van der Waals surface area contributed by atoms with E-state index < -0.39 is 11.2 Å². The lowest BCUT2D eigenvalue weighted by molar-refractivity contribution is -0.201. The summed E-state index contributed by atoms with van der Waals surface area (Å²) in [6.07, 6.45) is 4.67. The largest absolute Gasteiger partial charge is 0.389 e. The molecule has 22 heavy (non-hydrogen) atoms. The molecule has 0 aromatic heterocycles. The van der Waals surface area contributed by atoms with Crippen LogP contribution in [-0.4, -0.2) is 22.7 Å². The van der Waals surface area contributed by atoms with Crippen LogP contribution < -0.4 is 5.32 Å². The molecule has 0 radical (unpaired) electrons. The summed E-state index contributed by atoms with van der Waals surface area (Å²) in [6.45, 7) is 5.83. The van der Waals surface area contributed by atoms with Crippen molar-refractivity contribution in [1.82, 2.24) is 0 Å². The van der Waals surface area contributed by atoms with E-state index in [1.165, 1.54) is 0 Å². The Morgan fingerprint density at radius 1 is 1.50 bits per heavy atom. The maximum absolute atomic E-state index is 12.7. The van der Waals surface area contributed by atoms with E-state index in [1.807, 2.05) is 24.3 Å². The van der Waals surface area contributed by atoms with Gasteiger partial charge in [0.2, 0.25) is 0 Å². The highest BCUT2D eigenvalue weighted by molar-refractivity contribution is 6.05. The van der Waals surface area contributed by atoms with Gasteiger partial charge in [-0.25, -0.2) is 0 Å². The summed E-state index contributed by atoms with van der Waals surface area (Å²) in [5.74, 6) is -0.169. The van der Waals surface area contributed by atoms with Gasteiger partial charge in [-0.2, -0.15) is 0 Å². The number of hydrogen-bond acceptors (Lipinski definition) is 3. The molecule has 0 bridgehead atoms. The molecule has 1 spiro atoms. The van der Waals surface area contributed by atoms with Crippen molar-refractivity contribution in [3.05, 3.63) is 42.5 Å². The normalized spacial score (nSPS) is 33.5. The highest BCUT2D eigenvalue weighted by Crippen LogP contribution is 2.50. The number of para-hydroxylation sites is 1. The lowest BCUT2D eigenvalue weighted by Gasteiger charge is -2.45. The number of anilines is 1. The van der Waals surface area contributed by atoms with Crippen molar-refractivity contribution < 1.29 is 14.6 Å². The molecule has 1 amide bonds. The molecule has 3 rings (SSSR count). The van der Waals surface area contributed by atoms with E-state index in [-0.39, 0.29) is 18.4 Å². The van der Waals surface area contributed by atoms with Crippen molar-refractivity contribution in [2.45, 2.75) is 56.3 Å². The Bertz CT molecular complexity index is 600. The Hall–Kier alpha value is -1.65. The molecule has 1 fully saturated rings. The smallest absolute Gasteiger partial charge is 0.261 e. The van der Waals surface area contributed by atoms with E-state index in [1.54, 1.807) is 6.08 Å². The van der Waals surface area contributed by atoms with Gasteiger partial charge in [0.25, 0.3) is 5.91 Å². The Balaban J connectivity index is 2.04. The van der Waals surface area contributed by atoms with E-state index in [2.05, 4.69) is 18.8 Å². The van der Waals surface area contributed by atoms with Crippen molar-refractivity contribution in [2.75, 3.05) is 5.32 Å². The van der Waals surface area contributed by atoms with E-state index in [4.69, 9.17) is 4.74 Å². The molecule has 0 saturated carbocycles. The minimum atomic E-state index is -1.08. The Kier molecular flexibility index (Phi) is 3.83. The molecule has 4 heteroatoms. The predicted molar refractivity (Wildman–Crippen MR) is 85.5 cm³/mol. The molecular formula is C18H23NO3. The number of carbonyl (C=O) groups excluding carboxylic acids is 1. The summed E-state index contributed by atoms with van der Waals surface area (Å²) < 4.78 is 6.25. The number of fused-ring (bicyclic) bond motifs is 2. The maximum Gasteiger partial charge on any atom is 0.261 e. The third-order valence-electron chi connectivity index (χ3n) is 4.67. The Morgan fingerprint density at radius 2 is 2.27 bits per heavy atom. The van der Waals surface area contributed by atoms with Gasteiger partial charge in [0.05, 0.1) is 11.7 Å². The van der Waals surface area contributed by atoms with Crippen molar-refractivity contribution in [3.63, 3.8) is 0 Å². The number of aliphatic hydroxyl groups is 1. The SMILES string of the molecule is C=CC[C@]1(O)C[C@@H](CCC)O[C@@]2(C1)C(=O)Nc1ccccc12. The topological polar surface area (TPSA) is 58.6 Å². The van der Waals surface area contributed by atoms with Crippen LogP contribution in [0.2, 0.25) is 0 Å². The second kappa shape index (κ2) is 5.52. The Morgan fingerprint density at radius 3 is 3.00 bits per heavy atom. The van der Waals surface area contributed by atoms with Crippen LogP contribution in [0.3, 0.4) is 0 Å². The van der Waals surface area contributed by atoms with Gasteiger partial charge >= 0.3 is 0 Å². The van der Waals surface area contributed by atoms with Gasteiger partial charge in [0.15, 0.2) is 5.60 Å². The quantitative estimate of drug-likeness (QED) is 0.840. The van der Waals surface area contributed by atoms with Gasteiger partial charge in [0.1, 0.15) is 0 Å². The molecule has 2 heterocycles. The number of nitrogens with one attached hydrogen (secondary N) is 1. The van der Waals surface area contributed by atoms with E-state index in [0.29, 0.717) is 12.8 Å². The van der Waals surface area contributed by atoms with Crippen LogP contribution in [0.25, 0.3) is 0 Å². The standard InChI is InChI=1S/C18H23NO3/c1-3-7-13-11-17(21,10-4-2)12-18(22-13)14-8-5-6-9-15(14)19-16(18)20/h4-6,8-9,13,21H,2-3,7,10-12H2,1H3,(H,19,20)/t13-,17+,18-/m1/s1. The number of amides is 1. The molecule has 2 aliphatic heterocycles. The Labute approximate surface area is 131 Å². The first kappa shape index (κ1) is 15.3. The number of hydrogen-bond donors (Lipinski definition) is 2. The summed E-state index contributed by atoms with van der Waals surface area (Å²) in [5, 5.41) is 13.9. The first-order valence-corrected chi connectivity index (χ1v) is 7.95. The summed E-state index contributed by atoms with van der Waals surface area (Å²) in [5.41, 5.74) is -0.407. The molecule has 0 unspecified atom stereocenters. The lowest BCUT2D eigenvalue weighted by Crippen LogP contribution is -2.53. The third-order valence-corrected chi connectivity index (χ3v) is 4.67. The summed E-state index contributed by atoms with van der Waals surface area (Å²) in [4.78, 5) is 12.7. The molecule has 2 aliphatic rings. The fourth-order valence-corrected chi connectivity index (χ4v) is 3.82. The molecular weight excluding hydrogens is 278 g/mol. The summed E-state index contributed by atoms with van der Waals surface area (Å²) >= 11 is 0. The molecule has 118 valence electrons. The molecule has 1 aromatic rings. The monoisotopic (exact) mass is 301 g/mol. The number of benzene rings is 1. The highest BCUT2D eigenvalue weighted by Gasteiger charge is 2.56. The van der Waals surface area contributed by atoms with Crippen LogP contribution in [0.4, 0.5) is 5.69 Å². The van der Waals surface area contributed by atoms with E-state index >= 15 is 0 Å². The molecule has 3 atom stereocenters. The number of carbonyl (C=O) groups is 1.